The fourth-order valence-corrected chi connectivity index (χ4v) is 2.37. The average molecular weight is 256 g/mol. The van der Waals surface area contributed by atoms with Crippen molar-refractivity contribution in [3.05, 3.63) is 35.4 Å². The van der Waals surface area contributed by atoms with Crippen molar-refractivity contribution in [2.24, 2.45) is 5.73 Å². The number of rotatable bonds is 1. The second kappa shape index (κ2) is 6.96. The molecule has 0 bridgehead atoms. The summed E-state index contributed by atoms with van der Waals surface area (Å²) in [7, 11) is 0. The van der Waals surface area contributed by atoms with Crippen molar-refractivity contribution in [3.8, 4) is 11.8 Å². The molecule has 19 heavy (non-hydrogen) atoms. The first-order valence-corrected chi connectivity index (χ1v) is 6.90. The van der Waals surface area contributed by atoms with Crippen molar-refractivity contribution in [2.75, 3.05) is 19.6 Å². The van der Waals surface area contributed by atoms with Crippen LogP contribution in [0.1, 0.15) is 41.6 Å². The van der Waals surface area contributed by atoms with Crippen molar-refractivity contribution in [3.63, 3.8) is 0 Å². The van der Waals surface area contributed by atoms with Crippen molar-refractivity contribution < 1.29 is 4.79 Å². The van der Waals surface area contributed by atoms with Crippen LogP contribution in [-0.2, 0) is 0 Å². The molecular formula is C16H20N2O. The number of hydrogen-bond donors (Lipinski definition) is 1. The molecule has 100 valence electrons. The zero-order chi connectivity index (χ0) is 13.5. The van der Waals surface area contributed by atoms with Gasteiger partial charge in [-0.2, -0.15) is 0 Å². The molecule has 0 saturated carbocycles. The standard InChI is InChI=1S/C16H20N2O/c17-11-7-9-14-8-3-4-10-15(14)16(19)18-12-5-1-2-6-13-18/h3-4,8,10H,1-2,5-6,11-13,17H2. The summed E-state index contributed by atoms with van der Waals surface area (Å²) in [6.45, 7) is 2.03. The number of likely N-dealkylation sites (tertiary alicyclic amines) is 1. The lowest BCUT2D eigenvalue weighted by Crippen LogP contribution is -2.32. The molecule has 0 aliphatic carbocycles. The highest BCUT2D eigenvalue weighted by Gasteiger charge is 2.18. The molecule has 0 radical (unpaired) electrons. The van der Waals surface area contributed by atoms with Crippen LogP contribution in [0, 0.1) is 11.8 Å². The number of benzene rings is 1. The molecular weight excluding hydrogens is 236 g/mol. The summed E-state index contributed by atoms with van der Waals surface area (Å²) in [6.07, 6.45) is 4.64. The molecule has 2 N–H and O–H groups in total. The van der Waals surface area contributed by atoms with Crippen molar-refractivity contribution in [1.29, 1.82) is 0 Å². The van der Waals surface area contributed by atoms with Crippen molar-refractivity contribution in [1.82, 2.24) is 4.90 Å². The fraction of sp³-hybridized carbons (Fsp3) is 0.438. The van der Waals surface area contributed by atoms with E-state index in [-0.39, 0.29) is 5.91 Å². The third-order valence-electron chi connectivity index (χ3n) is 3.38. The van der Waals surface area contributed by atoms with E-state index in [9.17, 15) is 4.79 Å². The minimum Gasteiger partial charge on any atom is -0.339 e. The Balaban J connectivity index is 2.22. The van der Waals surface area contributed by atoms with Gasteiger partial charge in [-0.1, -0.05) is 36.8 Å². The summed E-state index contributed by atoms with van der Waals surface area (Å²) in [6, 6.07) is 7.53. The summed E-state index contributed by atoms with van der Waals surface area (Å²) >= 11 is 0. The van der Waals surface area contributed by atoms with Crippen LogP contribution in [0.15, 0.2) is 24.3 Å². The Kier molecular flexibility index (Phi) is 5.00. The molecule has 1 aromatic rings. The SMILES string of the molecule is NCC#Cc1ccccc1C(=O)N1CCCCCC1. The summed E-state index contributed by atoms with van der Waals surface area (Å²) in [5.74, 6) is 5.91. The molecule has 1 saturated heterocycles. The molecule has 0 aromatic heterocycles. The first-order valence-electron chi connectivity index (χ1n) is 6.90. The highest BCUT2D eigenvalue weighted by atomic mass is 16.2. The number of carbonyl (C=O) groups is 1. The molecule has 0 unspecified atom stereocenters. The van der Waals surface area contributed by atoms with Gasteiger partial charge in [-0.05, 0) is 25.0 Å². The molecule has 0 atom stereocenters. The summed E-state index contributed by atoms with van der Waals surface area (Å²) in [5, 5.41) is 0. The maximum atomic E-state index is 12.6. The fourth-order valence-electron chi connectivity index (χ4n) is 2.37. The zero-order valence-electron chi connectivity index (χ0n) is 11.2. The maximum Gasteiger partial charge on any atom is 0.255 e. The highest BCUT2D eigenvalue weighted by molar-refractivity contribution is 5.96. The molecule has 1 aliphatic rings. The van der Waals surface area contributed by atoms with Gasteiger partial charge in [0.15, 0.2) is 0 Å². The molecule has 1 heterocycles. The Bertz CT molecular complexity index is 491. The molecule has 1 aliphatic heterocycles. The first kappa shape index (κ1) is 13.6. The largest absolute Gasteiger partial charge is 0.339 e. The van der Waals surface area contributed by atoms with E-state index in [1.54, 1.807) is 0 Å². The minimum absolute atomic E-state index is 0.101. The monoisotopic (exact) mass is 256 g/mol. The van der Waals surface area contributed by atoms with E-state index in [1.807, 2.05) is 29.2 Å². The second-order valence-electron chi connectivity index (χ2n) is 4.76. The van der Waals surface area contributed by atoms with Gasteiger partial charge in [0.05, 0.1) is 12.1 Å². The number of carbonyl (C=O) groups excluding carboxylic acids is 1. The minimum atomic E-state index is 0.101. The highest BCUT2D eigenvalue weighted by Crippen LogP contribution is 2.15. The predicted octanol–water partition coefficient (Wildman–Crippen LogP) is 2.01. The van der Waals surface area contributed by atoms with Crippen LogP contribution in [-0.4, -0.2) is 30.4 Å². The Hall–Kier alpha value is -1.79. The van der Waals surface area contributed by atoms with Gasteiger partial charge in [0.25, 0.3) is 5.91 Å². The van der Waals surface area contributed by atoms with E-state index < -0.39 is 0 Å². The topological polar surface area (TPSA) is 46.3 Å². The number of nitrogens with zero attached hydrogens (tertiary/aromatic N) is 1. The van der Waals surface area contributed by atoms with Crippen LogP contribution in [0.4, 0.5) is 0 Å². The van der Waals surface area contributed by atoms with Gasteiger partial charge in [0, 0.05) is 18.7 Å². The van der Waals surface area contributed by atoms with Gasteiger partial charge >= 0.3 is 0 Å². The van der Waals surface area contributed by atoms with Gasteiger partial charge in [0.1, 0.15) is 0 Å². The lowest BCUT2D eigenvalue weighted by atomic mass is 10.1. The van der Waals surface area contributed by atoms with Crippen molar-refractivity contribution >= 4 is 5.91 Å². The third kappa shape index (κ3) is 3.59. The Morgan fingerprint density at radius 1 is 1.16 bits per heavy atom. The molecule has 3 heteroatoms. The van der Waals surface area contributed by atoms with Crippen LogP contribution in [0.25, 0.3) is 0 Å². The average Bonchev–Trinajstić information content (AvgIpc) is 2.73. The first-order chi connectivity index (χ1) is 9.33. The summed E-state index contributed by atoms with van der Waals surface area (Å²) in [5.41, 5.74) is 6.88. The van der Waals surface area contributed by atoms with E-state index in [4.69, 9.17) is 5.73 Å². The number of nitrogens with two attached hydrogens (primary N) is 1. The van der Waals surface area contributed by atoms with Crippen LogP contribution in [0.2, 0.25) is 0 Å². The van der Waals surface area contributed by atoms with E-state index in [0.717, 1.165) is 31.5 Å². The summed E-state index contributed by atoms with van der Waals surface area (Å²) < 4.78 is 0. The van der Waals surface area contributed by atoms with Crippen LogP contribution in [0.5, 0.6) is 0 Å². The van der Waals surface area contributed by atoms with Gasteiger partial charge in [0.2, 0.25) is 0 Å². The van der Waals surface area contributed by atoms with E-state index in [0.29, 0.717) is 12.1 Å². The molecule has 1 aromatic carbocycles. The molecule has 2 rings (SSSR count). The van der Waals surface area contributed by atoms with Gasteiger partial charge < -0.3 is 10.6 Å². The van der Waals surface area contributed by atoms with Gasteiger partial charge in [-0.15, -0.1) is 0 Å². The lowest BCUT2D eigenvalue weighted by molar-refractivity contribution is 0.0761. The smallest absolute Gasteiger partial charge is 0.255 e. The van der Waals surface area contributed by atoms with Crippen LogP contribution in [0.3, 0.4) is 0 Å². The Morgan fingerprint density at radius 3 is 2.53 bits per heavy atom. The van der Waals surface area contributed by atoms with Crippen LogP contribution < -0.4 is 5.73 Å². The van der Waals surface area contributed by atoms with Crippen molar-refractivity contribution in [2.45, 2.75) is 25.7 Å². The molecule has 1 fully saturated rings. The third-order valence-corrected chi connectivity index (χ3v) is 3.38. The molecule has 0 spiro atoms. The normalized spacial score (nSPS) is 15.3. The zero-order valence-corrected chi connectivity index (χ0v) is 11.2. The quantitative estimate of drug-likeness (QED) is 0.781. The van der Waals surface area contributed by atoms with E-state index in [1.165, 1.54) is 12.8 Å². The Labute approximate surface area is 114 Å². The van der Waals surface area contributed by atoms with Crippen LogP contribution >= 0.6 is 0 Å². The number of hydrogen-bond acceptors (Lipinski definition) is 2. The molecule has 1 amide bonds. The summed E-state index contributed by atoms with van der Waals surface area (Å²) in [4.78, 5) is 14.5. The van der Waals surface area contributed by atoms with Gasteiger partial charge in [-0.25, -0.2) is 0 Å². The maximum absolute atomic E-state index is 12.6. The lowest BCUT2D eigenvalue weighted by Gasteiger charge is -2.20. The second-order valence-corrected chi connectivity index (χ2v) is 4.76. The Morgan fingerprint density at radius 2 is 1.84 bits per heavy atom. The molecule has 3 nitrogen and oxygen atoms in total. The van der Waals surface area contributed by atoms with Gasteiger partial charge in [-0.3, -0.25) is 4.79 Å². The van der Waals surface area contributed by atoms with E-state index >= 15 is 0 Å². The number of amides is 1. The predicted molar refractivity (Wildman–Crippen MR) is 76.7 cm³/mol. The van der Waals surface area contributed by atoms with E-state index in [2.05, 4.69) is 11.8 Å².